The summed E-state index contributed by atoms with van der Waals surface area (Å²) in [6.07, 6.45) is 0. The first-order valence-electron chi connectivity index (χ1n) is 3.45. The minimum absolute atomic E-state index is 0.579. The van der Waals surface area contributed by atoms with E-state index in [4.69, 9.17) is 0 Å². The van der Waals surface area contributed by atoms with E-state index in [9.17, 15) is 0 Å². The van der Waals surface area contributed by atoms with E-state index in [-0.39, 0.29) is 0 Å². The van der Waals surface area contributed by atoms with Crippen LogP contribution in [0, 0.1) is 0 Å². The first-order valence-corrected chi connectivity index (χ1v) is 8.43. The zero-order chi connectivity index (χ0) is 7.61. The zero-order valence-corrected chi connectivity index (χ0v) is 11.6. The van der Waals surface area contributed by atoms with E-state index in [0.29, 0.717) is 3.43 Å². The monoisotopic (exact) mass is 263 g/mol. The van der Waals surface area contributed by atoms with Gasteiger partial charge in [-0.25, -0.2) is 0 Å². The fourth-order valence-corrected chi connectivity index (χ4v) is 6.96. The molecule has 1 heterocycles. The second kappa shape index (κ2) is 3.22. The van der Waals surface area contributed by atoms with E-state index >= 15 is 0 Å². The molecule has 3 heteroatoms. The van der Waals surface area contributed by atoms with Crippen molar-refractivity contribution in [3.8, 4) is 0 Å². The molecule has 1 aromatic rings. The van der Waals surface area contributed by atoms with Crippen LogP contribution in [0.15, 0.2) is 10.9 Å². The van der Waals surface area contributed by atoms with Crippen LogP contribution in [-0.2, 0) is 0 Å². The van der Waals surface area contributed by atoms with Gasteiger partial charge in [-0.15, -0.1) is 0 Å². The molecule has 0 atom stereocenters. The molecule has 0 aliphatic heterocycles. The van der Waals surface area contributed by atoms with Crippen LogP contribution in [0.3, 0.4) is 0 Å². The van der Waals surface area contributed by atoms with Crippen molar-refractivity contribution < 1.29 is 0 Å². The van der Waals surface area contributed by atoms with E-state index < -0.39 is 21.1 Å². The Bertz CT molecular complexity index is 188. The Morgan fingerprint density at radius 2 is 2.20 bits per heavy atom. The van der Waals surface area contributed by atoms with Crippen molar-refractivity contribution in [2.45, 2.75) is 24.2 Å². The molecule has 0 aromatic carbocycles. The summed E-state index contributed by atoms with van der Waals surface area (Å²) in [7, 11) is 0. The van der Waals surface area contributed by atoms with E-state index in [1.807, 2.05) is 5.51 Å². The van der Waals surface area contributed by atoms with Crippen molar-refractivity contribution in [3.63, 3.8) is 0 Å². The van der Waals surface area contributed by atoms with Crippen molar-refractivity contribution in [1.82, 2.24) is 4.98 Å². The van der Waals surface area contributed by atoms with Gasteiger partial charge in [0.1, 0.15) is 0 Å². The number of hydrogen-bond donors (Lipinski definition) is 0. The molecule has 0 unspecified atom stereocenters. The van der Waals surface area contributed by atoms with Gasteiger partial charge in [0.15, 0.2) is 0 Å². The van der Waals surface area contributed by atoms with Crippen molar-refractivity contribution in [2.75, 3.05) is 0 Å². The standard InChI is InChI=1S/C4H9.C3H2NS.Sn.2H/c1-4(2)3;1-2-5-3-4-1;;;/h1-3H3;2-3H;;;. The Balaban J connectivity index is 2.57. The Hall–Kier alpha value is 0.429. The average Bonchev–Trinajstić information content (AvgIpc) is 2.12. The summed E-state index contributed by atoms with van der Waals surface area (Å²) < 4.78 is 2.01. The molecule has 0 N–H and O–H groups in total. The molecule has 0 radical (unpaired) electrons. The maximum absolute atomic E-state index is 4.31. The molecule has 1 rings (SSSR count). The van der Waals surface area contributed by atoms with Gasteiger partial charge in [-0.3, -0.25) is 0 Å². The van der Waals surface area contributed by atoms with Crippen molar-refractivity contribution >= 4 is 36.2 Å². The first-order chi connectivity index (χ1) is 4.58. The Morgan fingerprint density at radius 3 is 2.60 bits per heavy atom. The predicted octanol–water partition coefficient (Wildman–Crippen LogP) is 1.16. The molecule has 0 bridgehead atoms. The molecule has 0 spiro atoms. The van der Waals surface area contributed by atoms with Gasteiger partial charge in [0.05, 0.1) is 0 Å². The van der Waals surface area contributed by atoms with Crippen molar-refractivity contribution in [2.24, 2.45) is 0 Å². The van der Waals surface area contributed by atoms with Gasteiger partial charge in [-0.2, -0.15) is 0 Å². The van der Waals surface area contributed by atoms with Gasteiger partial charge < -0.3 is 0 Å². The van der Waals surface area contributed by atoms with Gasteiger partial charge in [0.25, 0.3) is 0 Å². The summed E-state index contributed by atoms with van der Waals surface area (Å²) in [5.41, 5.74) is 1.94. The molecule has 0 amide bonds. The van der Waals surface area contributed by atoms with Gasteiger partial charge >= 0.3 is 76.3 Å². The van der Waals surface area contributed by atoms with Gasteiger partial charge in [-0.1, -0.05) is 0 Å². The van der Waals surface area contributed by atoms with E-state index in [1.165, 1.54) is 3.71 Å². The Kier molecular flexibility index (Phi) is 2.74. The molecular weight excluding hydrogens is 249 g/mol. The number of aromatic nitrogens is 1. The Morgan fingerprint density at radius 1 is 1.50 bits per heavy atom. The SMILES string of the molecule is C[C](C)(C)[SnH2][c]1cscn1. The van der Waals surface area contributed by atoms with Crippen molar-refractivity contribution in [1.29, 1.82) is 0 Å². The number of rotatable bonds is 1. The second-order valence-corrected chi connectivity index (χ2v) is 13.6. The van der Waals surface area contributed by atoms with E-state index in [1.54, 1.807) is 11.3 Å². The summed E-state index contributed by atoms with van der Waals surface area (Å²) in [6, 6.07) is 0. The number of thiazole rings is 1. The third-order valence-corrected chi connectivity index (χ3v) is 7.84. The molecule has 1 nitrogen and oxygen atoms in total. The third kappa shape index (κ3) is 3.01. The molecule has 0 saturated heterocycles. The van der Waals surface area contributed by atoms with Gasteiger partial charge in [0, 0.05) is 0 Å². The Labute approximate surface area is 76.1 Å². The molecule has 0 aliphatic carbocycles. The predicted molar refractivity (Wildman–Crippen MR) is 50.0 cm³/mol. The summed E-state index contributed by atoms with van der Waals surface area (Å²) in [5.74, 6) is 0. The number of hydrogen-bond acceptors (Lipinski definition) is 2. The van der Waals surface area contributed by atoms with Crippen LogP contribution in [0.5, 0.6) is 0 Å². The topological polar surface area (TPSA) is 12.9 Å². The van der Waals surface area contributed by atoms with Crippen LogP contribution in [0.25, 0.3) is 0 Å². The fraction of sp³-hybridized carbons (Fsp3) is 0.571. The normalized spacial score (nSPS) is 13.1. The molecular formula is C7H13NSSn. The first kappa shape index (κ1) is 8.52. The van der Waals surface area contributed by atoms with Crippen LogP contribution in [-0.4, -0.2) is 26.1 Å². The minimum atomic E-state index is -0.752. The molecule has 0 aliphatic rings. The third-order valence-electron chi connectivity index (χ3n) is 1.19. The molecule has 0 saturated carbocycles. The van der Waals surface area contributed by atoms with Gasteiger partial charge in [-0.05, 0) is 0 Å². The fourth-order valence-electron chi connectivity index (χ4n) is 0.868. The summed E-state index contributed by atoms with van der Waals surface area (Å²) >= 11 is 0.970. The van der Waals surface area contributed by atoms with Crippen LogP contribution >= 0.6 is 11.3 Å². The quantitative estimate of drug-likeness (QED) is 0.692. The number of nitrogens with zero attached hydrogens (tertiary/aromatic N) is 1. The summed E-state index contributed by atoms with van der Waals surface area (Å²) in [6.45, 7) is 6.97. The van der Waals surface area contributed by atoms with Crippen molar-refractivity contribution in [3.05, 3.63) is 10.9 Å². The van der Waals surface area contributed by atoms with E-state index in [2.05, 4.69) is 31.1 Å². The summed E-state index contributed by atoms with van der Waals surface area (Å²) in [4.78, 5) is 4.31. The molecule has 56 valence electrons. The van der Waals surface area contributed by atoms with Crippen LogP contribution < -0.4 is 3.71 Å². The second-order valence-electron chi connectivity index (χ2n) is 3.72. The summed E-state index contributed by atoms with van der Waals surface area (Å²) in [5, 5.41) is 2.21. The van der Waals surface area contributed by atoms with Gasteiger partial charge in [0.2, 0.25) is 0 Å². The van der Waals surface area contributed by atoms with Crippen LogP contribution in [0.2, 0.25) is 3.43 Å². The maximum atomic E-state index is 4.31. The van der Waals surface area contributed by atoms with E-state index in [0.717, 1.165) is 0 Å². The van der Waals surface area contributed by atoms with Crippen LogP contribution in [0.1, 0.15) is 20.8 Å². The van der Waals surface area contributed by atoms with Crippen LogP contribution in [0.4, 0.5) is 0 Å². The molecule has 10 heavy (non-hydrogen) atoms. The zero-order valence-electron chi connectivity index (χ0n) is 6.72. The molecule has 1 aromatic heterocycles. The average molecular weight is 262 g/mol. The molecule has 0 fully saturated rings.